The van der Waals surface area contributed by atoms with Gasteiger partial charge in [-0.15, -0.1) is 0 Å². The molecular weight excluding hydrogens is 366 g/mol. The van der Waals surface area contributed by atoms with Crippen LogP contribution in [0.5, 0.6) is 0 Å². The van der Waals surface area contributed by atoms with Gasteiger partial charge in [-0.25, -0.2) is 19.6 Å². The molecule has 1 N–H and O–H groups in total. The Bertz CT molecular complexity index is 1480. The molecule has 8 nitrogen and oxygen atoms in total. The van der Waals surface area contributed by atoms with Crippen molar-refractivity contribution in [1.82, 2.24) is 29.1 Å². The summed E-state index contributed by atoms with van der Waals surface area (Å²) in [5.41, 5.74) is 5.00. The molecule has 140 valence electrons. The molecule has 5 rings (SSSR count). The van der Waals surface area contributed by atoms with Gasteiger partial charge in [-0.1, -0.05) is 30.3 Å². The van der Waals surface area contributed by atoms with Crippen molar-refractivity contribution in [1.29, 1.82) is 0 Å². The number of H-pyrrole nitrogens is 1. The van der Waals surface area contributed by atoms with Gasteiger partial charge >= 0.3 is 5.69 Å². The molecule has 0 fully saturated rings. The minimum Gasteiger partial charge on any atom is -0.303 e. The number of nitrogens with one attached hydrogen (secondary N) is 1. The lowest BCUT2D eigenvalue weighted by Crippen LogP contribution is -2.18. The summed E-state index contributed by atoms with van der Waals surface area (Å²) < 4.78 is 3.32. The summed E-state index contributed by atoms with van der Waals surface area (Å²) in [7, 11) is 0. The van der Waals surface area contributed by atoms with Crippen LogP contribution in [-0.2, 0) is 6.54 Å². The standard InChI is InChI=1S/C21H15N7O/c1-13-5-3-4-6-14(13)11-27-19-17(25-21(27)29)10-23-20(26-19)28-12-24-16-8-7-15(22-2)9-18(16)28/h3-10,12H,11H2,1H3,(H,25,29). The van der Waals surface area contributed by atoms with Crippen LogP contribution in [0.1, 0.15) is 11.1 Å². The zero-order valence-corrected chi connectivity index (χ0v) is 15.5. The molecule has 0 saturated carbocycles. The number of aromatic nitrogens is 6. The van der Waals surface area contributed by atoms with Crippen LogP contribution in [0.25, 0.3) is 33.0 Å². The van der Waals surface area contributed by atoms with Crippen molar-refractivity contribution in [3.8, 4) is 5.95 Å². The SMILES string of the molecule is [C-]#[N+]c1ccc2ncn(-c3ncc4[nH]c(=O)n(Cc5ccccc5C)c4n3)c2c1. The van der Waals surface area contributed by atoms with E-state index in [4.69, 9.17) is 6.57 Å². The third kappa shape index (κ3) is 2.76. The van der Waals surface area contributed by atoms with Gasteiger partial charge in [0.25, 0.3) is 0 Å². The molecule has 0 spiro atoms. The normalized spacial score (nSPS) is 11.2. The van der Waals surface area contributed by atoms with Gasteiger partial charge in [0.05, 0.1) is 30.3 Å². The number of hydrogen-bond acceptors (Lipinski definition) is 4. The van der Waals surface area contributed by atoms with Crippen molar-refractivity contribution in [3.63, 3.8) is 0 Å². The van der Waals surface area contributed by atoms with E-state index >= 15 is 0 Å². The van der Waals surface area contributed by atoms with Gasteiger partial charge in [-0.3, -0.25) is 9.13 Å². The molecule has 8 heteroatoms. The third-order valence-corrected chi connectivity index (χ3v) is 4.96. The topological polar surface area (TPSA) is 85.8 Å². The monoisotopic (exact) mass is 381 g/mol. The average molecular weight is 381 g/mol. The Kier molecular flexibility index (Phi) is 3.74. The van der Waals surface area contributed by atoms with E-state index in [0.29, 0.717) is 29.3 Å². The van der Waals surface area contributed by atoms with Gasteiger partial charge in [0.1, 0.15) is 11.8 Å². The molecule has 0 saturated heterocycles. The number of aryl methyl sites for hydroxylation is 1. The van der Waals surface area contributed by atoms with Gasteiger partial charge < -0.3 is 4.98 Å². The van der Waals surface area contributed by atoms with E-state index in [9.17, 15) is 4.79 Å². The number of imidazole rings is 2. The first-order valence-corrected chi connectivity index (χ1v) is 8.99. The van der Waals surface area contributed by atoms with E-state index < -0.39 is 0 Å². The first-order chi connectivity index (χ1) is 14.1. The highest BCUT2D eigenvalue weighted by atomic mass is 16.1. The van der Waals surface area contributed by atoms with E-state index in [-0.39, 0.29) is 5.69 Å². The summed E-state index contributed by atoms with van der Waals surface area (Å²) in [5, 5.41) is 0. The molecule has 29 heavy (non-hydrogen) atoms. The molecule has 0 radical (unpaired) electrons. The van der Waals surface area contributed by atoms with Gasteiger partial charge in [-0.2, -0.15) is 4.98 Å². The van der Waals surface area contributed by atoms with Gasteiger partial charge in [-0.05, 0) is 30.2 Å². The van der Waals surface area contributed by atoms with Gasteiger partial charge in [0.15, 0.2) is 11.3 Å². The Balaban J connectivity index is 1.67. The van der Waals surface area contributed by atoms with Gasteiger partial charge in [0, 0.05) is 0 Å². The molecule has 0 aliphatic heterocycles. The van der Waals surface area contributed by atoms with Crippen LogP contribution in [0.2, 0.25) is 0 Å². The second-order valence-corrected chi connectivity index (χ2v) is 6.75. The predicted molar refractivity (Wildman–Crippen MR) is 109 cm³/mol. The lowest BCUT2D eigenvalue weighted by atomic mass is 10.1. The van der Waals surface area contributed by atoms with Crippen molar-refractivity contribution < 1.29 is 0 Å². The number of benzene rings is 2. The highest BCUT2D eigenvalue weighted by Gasteiger charge is 2.14. The number of rotatable bonds is 3. The fraction of sp³-hybridized carbons (Fsp3) is 0.0952. The van der Waals surface area contributed by atoms with Crippen molar-refractivity contribution in [3.05, 3.63) is 88.0 Å². The van der Waals surface area contributed by atoms with Crippen molar-refractivity contribution in [2.75, 3.05) is 0 Å². The van der Waals surface area contributed by atoms with Crippen LogP contribution in [0.15, 0.2) is 59.8 Å². The minimum atomic E-state index is -0.236. The lowest BCUT2D eigenvalue weighted by Gasteiger charge is -2.07. The maximum atomic E-state index is 12.5. The van der Waals surface area contributed by atoms with Crippen molar-refractivity contribution in [2.45, 2.75) is 13.5 Å². The molecule has 0 aliphatic rings. The number of nitrogens with zero attached hydrogens (tertiary/aromatic N) is 6. The number of hydrogen-bond donors (Lipinski definition) is 1. The Labute approximate surface area is 164 Å². The maximum Gasteiger partial charge on any atom is 0.328 e. The van der Waals surface area contributed by atoms with Crippen LogP contribution in [-0.4, -0.2) is 29.1 Å². The highest BCUT2D eigenvalue weighted by molar-refractivity contribution is 5.81. The summed E-state index contributed by atoms with van der Waals surface area (Å²) in [6.45, 7) is 9.66. The molecule has 3 heterocycles. The van der Waals surface area contributed by atoms with E-state index in [1.54, 1.807) is 39.9 Å². The number of fused-ring (bicyclic) bond motifs is 2. The largest absolute Gasteiger partial charge is 0.328 e. The molecule has 0 amide bonds. The Morgan fingerprint density at radius 1 is 1.17 bits per heavy atom. The van der Waals surface area contributed by atoms with E-state index in [2.05, 4.69) is 24.8 Å². The van der Waals surface area contributed by atoms with E-state index in [0.717, 1.165) is 22.2 Å². The van der Waals surface area contributed by atoms with Crippen LogP contribution in [0.4, 0.5) is 5.69 Å². The Hall–Kier alpha value is -4.25. The molecule has 0 aliphatic carbocycles. The fourth-order valence-corrected chi connectivity index (χ4v) is 3.38. The molecule has 0 bridgehead atoms. The van der Waals surface area contributed by atoms with Crippen LogP contribution in [0, 0.1) is 13.5 Å². The molecule has 0 unspecified atom stereocenters. The molecule has 5 aromatic rings. The first-order valence-electron chi connectivity index (χ1n) is 8.99. The summed E-state index contributed by atoms with van der Waals surface area (Å²) >= 11 is 0. The van der Waals surface area contributed by atoms with Crippen LogP contribution in [0.3, 0.4) is 0 Å². The van der Waals surface area contributed by atoms with E-state index in [1.165, 1.54) is 0 Å². The van der Waals surface area contributed by atoms with Gasteiger partial charge in [0.2, 0.25) is 5.95 Å². The second kappa shape index (κ2) is 6.42. The van der Waals surface area contributed by atoms with Crippen LogP contribution < -0.4 is 5.69 Å². The molecule has 3 aromatic heterocycles. The molecule has 0 atom stereocenters. The summed E-state index contributed by atoms with van der Waals surface area (Å²) in [4.78, 5) is 32.2. The average Bonchev–Trinajstić information content (AvgIpc) is 3.29. The smallest absolute Gasteiger partial charge is 0.303 e. The minimum absolute atomic E-state index is 0.236. The Morgan fingerprint density at radius 2 is 2.03 bits per heavy atom. The van der Waals surface area contributed by atoms with Crippen molar-refractivity contribution in [2.24, 2.45) is 0 Å². The fourth-order valence-electron chi connectivity index (χ4n) is 3.38. The maximum absolute atomic E-state index is 12.5. The zero-order chi connectivity index (χ0) is 20.0. The summed E-state index contributed by atoms with van der Waals surface area (Å²) in [5.74, 6) is 0.389. The Morgan fingerprint density at radius 3 is 2.86 bits per heavy atom. The molecular formula is C21H15N7O. The quantitative estimate of drug-likeness (QED) is 0.486. The first kappa shape index (κ1) is 16.9. The lowest BCUT2D eigenvalue weighted by molar-refractivity contribution is 0.770. The van der Waals surface area contributed by atoms with Crippen molar-refractivity contribution >= 4 is 27.9 Å². The second-order valence-electron chi connectivity index (χ2n) is 6.75. The third-order valence-electron chi connectivity index (χ3n) is 4.96. The molecule has 2 aromatic carbocycles. The zero-order valence-electron chi connectivity index (χ0n) is 15.5. The van der Waals surface area contributed by atoms with E-state index in [1.807, 2.05) is 31.2 Å². The summed E-state index contributed by atoms with van der Waals surface area (Å²) in [6.07, 6.45) is 3.22. The predicted octanol–water partition coefficient (Wildman–Crippen LogP) is 3.37. The number of aromatic amines is 1. The summed E-state index contributed by atoms with van der Waals surface area (Å²) in [6, 6.07) is 13.2. The van der Waals surface area contributed by atoms with Crippen LogP contribution >= 0.6 is 0 Å². The highest BCUT2D eigenvalue weighted by Crippen LogP contribution is 2.22.